The third-order valence-corrected chi connectivity index (χ3v) is 4.49. The third-order valence-electron chi connectivity index (χ3n) is 4.49. The van der Waals surface area contributed by atoms with Gasteiger partial charge in [0.1, 0.15) is 6.61 Å². The van der Waals surface area contributed by atoms with Crippen molar-refractivity contribution in [1.29, 1.82) is 0 Å². The van der Waals surface area contributed by atoms with E-state index in [2.05, 4.69) is 29.6 Å². The third kappa shape index (κ3) is 3.73. The molecule has 4 heteroatoms. The number of hydrogen-bond acceptors (Lipinski definition) is 3. The number of rotatable bonds is 6. The second-order valence-corrected chi connectivity index (χ2v) is 6.77. The minimum atomic E-state index is -0.629. The fourth-order valence-corrected chi connectivity index (χ4v) is 3.39. The zero-order valence-corrected chi connectivity index (χ0v) is 14.5. The summed E-state index contributed by atoms with van der Waals surface area (Å²) in [6.45, 7) is 4.22. The van der Waals surface area contributed by atoms with E-state index in [0.29, 0.717) is 12.3 Å². The Labute approximate surface area is 148 Å². The highest BCUT2D eigenvalue weighted by molar-refractivity contribution is 5.79. The summed E-state index contributed by atoms with van der Waals surface area (Å²) in [5.41, 5.74) is 4.70. The minimum absolute atomic E-state index is 0.0157. The molecule has 2 aromatic carbocycles. The number of carbonyl (C=O) groups is 1. The average molecular weight is 336 g/mol. The topological polar surface area (TPSA) is 55.4 Å². The van der Waals surface area contributed by atoms with E-state index >= 15 is 0 Å². The molecule has 1 atom stereocenters. The van der Waals surface area contributed by atoms with Gasteiger partial charge in [0.15, 0.2) is 0 Å². The Morgan fingerprint density at radius 3 is 2.16 bits per heavy atom. The van der Waals surface area contributed by atoms with Crippen LogP contribution in [0, 0.1) is 5.92 Å². The molecule has 1 radical (unpaired) electrons. The smallest absolute Gasteiger partial charge is 0.407 e. The maximum absolute atomic E-state index is 12.1. The summed E-state index contributed by atoms with van der Waals surface area (Å²) in [6.07, 6.45) is 1.84. The highest BCUT2D eigenvalue weighted by Crippen LogP contribution is 2.44. The highest BCUT2D eigenvalue weighted by atomic mass is 16.5. The van der Waals surface area contributed by atoms with Gasteiger partial charge in [-0.15, -0.1) is 0 Å². The van der Waals surface area contributed by atoms with E-state index < -0.39 is 12.1 Å². The molecule has 0 heterocycles. The Kier molecular flexibility index (Phi) is 5.17. The van der Waals surface area contributed by atoms with Crippen LogP contribution in [0.5, 0.6) is 0 Å². The lowest BCUT2D eigenvalue weighted by atomic mass is 9.98. The van der Waals surface area contributed by atoms with Crippen molar-refractivity contribution in [2.45, 2.75) is 32.2 Å². The van der Waals surface area contributed by atoms with Gasteiger partial charge in [-0.05, 0) is 34.6 Å². The van der Waals surface area contributed by atoms with Gasteiger partial charge in [0, 0.05) is 5.92 Å². The SMILES string of the molecule is CC(C)C[C@@H]([C]=O)NC(=O)OCC1c2ccccc2-c2ccccc21. The molecule has 2 aromatic rings. The first-order chi connectivity index (χ1) is 12.1. The lowest BCUT2D eigenvalue weighted by molar-refractivity contribution is 0.140. The van der Waals surface area contributed by atoms with Gasteiger partial charge >= 0.3 is 6.09 Å². The minimum Gasteiger partial charge on any atom is -0.449 e. The molecule has 0 aromatic heterocycles. The van der Waals surface area contributed by atoms with Gasteiger partial charge in [0.05, 0.1) is 6.04 Å². The van der Waals surface area contributed by atoms with Gasteiger partial charge in [-0.25, -0.2) is 4.79 Å². The Morgan fingerprint density at radius 1 is 1.08 bits per heavy atom. The quantitative estimate of drug-likeness (QED) is 0.866. The Bertz CT molecular complexity index is 724. The predicted octanol–water partition coefficient (Wildman–Crippen LogP) is 4.05. The van der Waals surface area contributed by atoms with Crippen LogP contribution in [0.3, 0.4) is 0 Å². The predicted molar refractivity (Wildman–Crippen MR) is 97.1 cm³/mol. The molecule has 0 saturated carbocycles. The maximum atomic E-state index is 12.1. The van der Waals surface area contributed by atoms with E-state index in [9.17, 15) is 9.59 Å². The maximum Gasteiger partial charge on any atom is 0.407 e. The van der Waals surface area contributed by atoms with E-state index in [1.165, 1.54) is 11.1 Å². The molecule has 129 valence electrons. The number of alkyl carbamates (subject to hydrolysis) is 1. The lowest BCUT2D eigenvalue weighted by Gasteiger charge is -2.17. The van der Waals surface area contributed by atoms with Crippen LogP contribution in [0.4, 0.5) is 4.79 Å². The van der Waals surface area contributed by atoms with Crippen LogP contribution in [0.15, 0.2) is 48.5 Å². The van der Waals surface area contributed by atoms with E-state index in [1.54, 1.807) is 0 Å². The summed E-state index contributed by atoms with van der Waals surface area (Å²) in [7, 11) is 0. The monoisotopic (exact) mass is 336 g/mol. The Balaban J connectivity index is 1.69. The van der Waals surface area contributed by atoms with E-state index in [0.717, 1.165) is 11.1 Å². The van der Waals surface area contributed by atoms with Crippen molar-refractivity contribution >= 4 is 12.4 Å². The zero-order chi connectivity index (χ0) is 17.8. The van der Waals surface area contributed by atoms with E-state index in [1.807, 2.05) is 44.4 Å². The standard InChI is InChI=1S/C21H22NO3/c1-14(2)11-15(12-23)22-21(24)25-13-20-18-9-5-3-7-16(18)17-8-4-6-10-19(17)20/h3-10,14-15,20H,11,13H2,1-2H3,(H,22,24)/t15-/m0/s1. The number of fused-ring (bicyclic) bond motifs is 3. The molecule has 1 N–H and O–H groups in total. The molecule has 1 amide bonds. The number of hydrogen-bond donors (Lipinski definition) is 1. The van der Waals surface area contributed by atoms with Crippen molar-refractivity contribution < 1.29 is 14.3 Å². The molecule has 0 bridgehead atoms. The first-order valence-corrected chi connectivity index (χ1v) is 8.59. The molecule has 4 nitrogen and oxygen atoms in total. The van der Waals surface area contributed by atoms with Crippen molar-refractivity contribution in [2.24, 2.45) is 5.92 Å². The molecule has 0 aliphatic heterocycles. The average Bonchev–Trinajstić information content (AvgIpc) is 2.93. The first-order valence-electron chi connectivity index (χ1n) is 8.59. The molecular weight excluding hydrogens is 314 g/mol. The molecular formula is C21H22NO3. The van der Waals surface area contributed by atoms with Crippen molar-refractivity contribution in [3.8, 4) is 11.1 Å². The van der Waals surface area contributed by atoms with Crippen molar-refractivity contribution in [2.75, 3.05) is 6.61 Å². The Hall–Kier alpha value is -2.62. The van der Waals surface area contributed by atoms with Crippen molar-refractivity contribution in [3.63, 3.8) is 0 Å². The summed E-state index contributed by atoms with van der Waals surface area (Å²) >= 11 is 0. The molecule has 25 heavy (non-hydrogen) atoms. The number of benzene rings is 2. The molecule has 1 aliphatic carbocycles. The van der Waals surface area contributed by atoms with Crippen LogP contribution < -0.4 is 5.32 Å². The Morgan fingerprint density at radius 2 is 1.64 bits per heavy atom. The van der Waals surface area contributed by atoms with E-state index in [4.69, 9.17) is 4.74 Å². The van der Waals surface area contributed by atoms with Crippen LogP contribution in [0.1, 0.15) is 37.3 Å². The number of nitrogens with one attached hydrogen (secondary N) is 1. The molecule has 0 saturated heterocycles. The second kappa shape index (κ2) is 7.51. The summed E-state index contributed by atoms with van der Waals surface area (Å²) < 4.78 is 5.42. The van der Waals surface area contributed by atoms with Crippen LogP contribution >= 0.6 is 0 Å². The summed E-state index contributed by atoms with van der Waals surface area (Å²) in [5.74, 6) is 0.308. The van der Waals surface area contributed by atoms with Crippen molar-refractivity contribution in [3.05, 3.63) is 59.7 Å². The van der Waals surface area contributed by atoms with Gasteiger partial charge in [-0.3, -0.25) is 4.79 Å². The lowest BCUT2D eigenvalue weighted by Crippen LogP contribution is -2.37. The van der Waals surface area contributed by atoms with Crippen LogP contribution in [-0.4, -0.2) is 25.0 Å². The van der Waals surface area contributed by atoms with Gasteiger partial charge in [-0.2, -0.15) is 0 Å². The largest absolute Gasteiger partial charge is 0.449 e. The highest BCUT2D eigenvalue weighted by Gasteiger charge is 2.29. The normalized spacial score (nSPS) is 13.9. The van der Waals surface area contributed by atoms with Crippen LogP contribution in [0.2, 0.25) is 0 Å². The van der Waals surface area contributed by atoms with Gasteiger partial charge < -0.3 is 10.1 Å². The molecule has 3 rings (SSSR count). The number of carbonyl (C=O) groups excluding carboxylic acids is 2. The molecule has 1 aliphatic rings. The van der Waals surface area contributed by atoms with Gasteiger partial charge in [-0.1, -0.05) is 62.4 Å². The van der Waals surface area contributed by atoms with Gasteiger partial charge in [0.25, 0.3) is 0 Å². The first kappa shape index (κ1) is 17.2. The fourth-order valence-electron chi connectivity index (χ4n) is 3.39. The molecule has 0 unspecified atom stereocenters. The zero-order valence-electron chi connectivity index (χ0n) is 14.5. The molecule has 0 fully saturated rings. The van der Waals surface area contributed by atoms with Gasteiger partial charge in [0.2, 0.25) is 6.29 Å². The van der Waals surface area contributed by atoms with Crippen molar-refractivity contribution in [1.82, 2.24) is 5.32 Å². The molecule has 0 spiro atoms. The van der Waals surface area contributed by atoms with E-state index in [-0.39, 0.29) is 12.5 Å². The summed E-state index contributed by atoms with van der Waals surface area (Å²) in [5, 5.41) is 2.59. The van der Waals surface area contributed by atoms with Crippen LogP contribution in [-0.2, 0) is 9.53 Å². The fraction of sp³-hybridized carbons (Fsp3) is 0.333. The summed E-state index contributed by atoms with van der Waals surface area (Å²) in [4.78, 5) is 23.0. The number of amides is 1. The summed E-state index contributed by atoms with van der Waals surface area (Å²) in [6, 6.07) is 15.7. The second-order valence-electron chi connectivity index (χ2n) is 6.77. The van der Waals surface area contributed by atoms with Crippen LogP contribution in [0.25, 0.3) is 11.1 Å². The number of ether oxygens (including phenoxy) is 1.